The van der Waals surface area contributed by atoms with Crippen molar-refractivity contribution in [2.24, 2.45) is 0 Å². The molecule has 0 heterocycles. The van der Waals surface area contributed by atoms with Crippen LogP contribution in [0, 0.1) is 18.6 Å². The molecule has 19 heavy (non-hydrogen) atoms. The van der Waals surface area contributed by atoms with E-state index in [1.54, 1.807) is 25.1 Å². The lowest BCUT2D eigenvalue weighted by atomic mass is 9.99. The third kappa shape index (κ3) is 3.31. The molecule has 4 heteroatoms. The van der Waals surface area contributed by atoms with E-state index in [4.69, 9.17) is 11.6 Å². The van der Waals surface area contributed by atoms with Crippen molar-refractivity contribution in [1.29, 1.82) is 0 Å². The van der Waals surface area contributed by atoms with Gasteiger partial charge in [0.2, 0.25) is 0 Å². The van der Waals surface area contributed by atoms with Crippen LogP contribution in [-0.2, 0) is 6.42 Å². The first-order valence-corrected chi connectivity index (χ1v) is 6.23. The molecule has 1 atom stereocenters. The van der Waals surface area contributed by atoms with E-state index >= 15 is 0 Å². The summed E-state index contributed by atoms with van der Waals surface area (Å²) in [7, 11) is 0. The molecule has 1 nitrogen and oxygen atoms in total. The molecular weight excluding hydrogens is 270 g/mol. The summed E-state index contributed by atoms with van der Waals surface area (Å²) in [6.45, 7) is 1.80. The van der Waals surface area contributed by atoms with Crippen LogP contribution < -0.4 is 0 Å². The predicted molar refractivity (Wildman–Crippen MR) is 71.2 cm³/mol. The van der Waals surface area contributed by atoms with E-state index in [0.717, 1.165) is 5.56 Å². The van der Waals surface area contributed by atoms with Gasteiger partial charge in [-0.25, -0.2) is 8.78 Å². The average molecular weight is 283 g/mol. The van der Waals surface area contributed by atoms with Gasteiger partial charge < -0.3 is 5.11 Å². The molecule has 0 bridgehead atoms. The van der Waals surface area contributed by atoms with Crippen LogP contribution in [0.4, 0.5) is 8.78 Å². The second kappa shape index (κ2) is 5.68. The number of halogens is 3. The van der Waals surface area contributed by atoms with Crippen molar-refractivity contribution < 1.29 is 13.9 Å². The molecule has 0 amide bonds. The molecule has 0 radical (unpaired) electrons. The molecule has 2 aromatic carbocycles. The number of benzene rings is 2. The summed E-state index contributed by atoms with van der Waals surface area (Å²) in [4.78, 5) is 0. The minimum atomic E-state index is -1.09. The third-order valence-corrected chi connectivity index (χ3v) is 3.17. The highest BCUT2D eigenvalue weighted by molar-refractivity contribution is 6.30. The molecule has 1 N–H and O–H groups in total. The van der Waals surface area contributed by atoms with E-state index in [-0.39, 0.29) is 17.0 Å². The fourth-order valence-corrected chi connectivity index (χ4v) is 2.08. The molecule has 0 aliphatic rings. The zero-order chi connectivity index (χ0) is 14.0. The summed E-state index contributed by atoms with van der Waals surface area (Å²) in [6.07, 6.45) is -1.08. The van der Waals surface area contributed by atoms with Crippen molar-refractivity contribution in [3.05, 3.63) is 69.7 Å². The molecule has 0 saturated carbocycles. The second-order valence-electron chi connectivity index (χ2n) is 4.48. The molecule has 0 aliphatic heterocycles. The Hall–Kier alpha value is -1.45. The number of hydrogen-bond donors (Lipinski definition) is 1. The molecule has 0 aliphatic carbocycles. The van der Waals surface area contributed by atoms with Crippen LogP contribution in [0.15, 0.2) is 36.4 Å². The molecule has 0 spiro atoms. The van der Waals surface area contributed by atoms with E-state index in [2.05, 4.69) is 0 Å². The quantitative estimate of drug-likeness (QED) is 0.894. The first-order chi connectivity index (χ1) is 8.97. The van der Waals surface area contributed by atoms with Gasteiger partial charge in [0.1, 0.15) is 11.6 Å². The van der Waals surface area contributed by atoms with Gasteiger partial charge in [0.15, 0.2) is 0 Å². The topological polar surface area (TPSA) is 20.2 Å². The summed E-state index contributed by atoms with van der Waals surface area (Å²) in [5.74, 6) is -0.993. The Kier molecular flexibility index (Phi) is 4.17. The Bertz CT molecular complexity index is 599. The van der Waals surface area contributed by atoms with Crippen LogP contribution in [0.1, 0.15) is 22.8 Å². The van der Waals surface area contributed by atoms with Crippen molar-refractivity contribution in [2.75, 3.05) is 0 Å². The van der Waals surface area contributed by atoms with Crippen molar-refractivity contribution in [2.45, 2.75) is 19.4 Å². The van der Waals surface area contributed by atoms with Crippen LogP contribution in [-0.4, -0.2) is 5.11 Å². The van der Waals surface area contributed by atoms with Gasteiger partial charge in [-0.15, -0.1) is 0 Å². The SMILES string of the molecule is Cc1ccc(F)c(C(O)Cc2ccc(Cl)cc2F)c1. The van der Waals surface area contributed by atoms with E-state index in [1.165, 1.54) is 18.2 Å². The fraction of sp³-hybridized carbons (Fsp3) is 0.200. The molecule has 0 saturated heterocycles. The number of aryl methyl sites for hydroxylation is 1. The van der Waals surface area contributed by atoms with Gasteiger partial charge in [0.05, 0.1) is 6.10 Å². The van der Waals surface area contributed by atoms with Gasteiger partial charge >= 0.3 is 0 Å². The smallest absolute Gasteiger partial charge is 0.129 e. The van der Waals surface area contributed by atoms with Crippen molar-refractivity contribution in [3.8, 4) is 0 Å². The molecule has 2 aromatic rings. The molecule has 2 rings (SSSR count). The van der Waals surface area contributed by atoms with E-state index in [1.807, 2.05) is 0 Å². The first-order valence-electron chi connectivity index (χ1n) is 5.85. The fourth-order valence-electron chi connectivity index (χ4n) is 1.92. The van der Waals surface area contributed by atoms with Crippen LogP contribution in [0.5, 0.6) is 0 Å². The summed E-state index contributed by atoms with van der Waals surface area (Å²) in [5, 5.41) is 10.3. The molecule has 0 fully saturated rings. The lowest BCUT2D eigenvalue weighted by Gasteiger charge is -2.13. The molecule has 0 aromatic heterocycles. The first kappa shape index (κ1) is 14.0. The second-order valence-corrected chi connectivity index (χ2v) is 4.92. The lowest BCUT2D eigenvalue weighted by molar-refractivity contribution is 0.172. The number of aliphatic hydroxyl groups is 1. The number of hydrogen-bond acceptors (Lipinski definition) is 1. The minimum Gasteiger partial charge on any atom is -0.388 e. The highest BCUT2D eigenvalue weighted by Crippen LogP contribution is 2.24. The zero-order valence-corrected chi connectivity index (χ0v) is 11.1. The largest absolute Gasteiger partial charge is 0.388 e. The van der Waals surface area contributed by atoms with E-state index in [0.29, 0.717) is 5.56 Å². The molecule has 100 valence electrons. The maximum absolute atomic E-state index is 13.6. The van der Waals surface area contributed by atoms with Crippen LogP contribution in [0.2, 0.25) is 5.02 Å². The Labute approximate surface area is 115 Å². The standard InChI is InChI=1S/C15H13ClF2O/c1-9-2-5-13(17)12(6-9)15(19)7-10-3-4-11(16)8-14(10)18/h2-6,8,15,19H,7H2,1H3. The normalized spacial score (nSPS) is 12.5. The third-order valence-electron chi connectivity index (χ3n) is 2.94. The van der Waals surface area contributed by atoms with Gasteiger partial charge in [-0.3, -0.25) is 0 Å². The molecular formula is C15H13ClF2O. The highest BCUT2D eigenvalue weighted by atomic mass is 35.5. The summed E-state index contributed by atoms with van der Waals surface area (Å²) in [6, 6.07) is 8.69. The van der Waals surface area contributed by atoms with Crippen LogP contribution in [0.3, 0.4) is 0 Å². The van der Waals surface area contributed by atoms with Crippen molar-refractivity contribution >= 4 is 11.6 Å². The highest BCUT2D eigenvalue weighted by Gasteiger charge is 2.15. The van der Waals surface area contributed by atoms with Crippen molar-refractivity contribution in [1.82, 2.24) is 0 Å². The number of rotatable bonds is 3. The summed E-state index contributed by atoms with van der Waals surface area (Å²) < 4.78 is 27.2. The van der Waals surface area contributed by atoms with E-state index in [9.17, 15) is 13.9 Å². The Morgan fingerprint density at radius 2 is 1.84 bits per heavy atom. The Morgan fingerprint density at radius 3 is 2.53 bits per heavy atom. The average Bonchev–Trinajstić information content (AvgIpc) is 2.35. The van der Waals surface area contributed by atoms with Crippen LogP contribution in [0.25, 0.3) is 0 Å². The number of aliphatic hydroxyl groups excluding tert-OH is 1. The summed E-state index contributed by atoms with van der Waals surface area (Å²) in [5.41, 5.74) is 1.32. The summed E-state index contributed by atoms with van der Waals surface area (Å²) >= 11 is 5.65. The minimum absolute atomic E-state index is 0.00335. The van der Waals surface area contributed by atoms with Crippen LogP contribution >= 0.6 is 11.6 Å². The van der Waals surface area contributed by atoms with Gasteiger partial charge in [-0.1, -0.05) is 35.4 Å². The van der Waals surface area contributed by atoms with Crippen molar-refractivity contribution in [3.63, 3.8) is 0 Å². The zero-order valence-electron chi connectivity index (χ0n) is 10.3. The van der Waals surface area contributed by atoms with Gasteiger partial charge in [0.25, 0.3) is 0 Å². The van der Waals surface area contributed by atoms with E-state index < -0.39 is 17.7 Å². The predicted octanol–water partition coefficient (Wildman–Crippen LogP) is 4.20. The monoisotopic (exact) mass is 282 g/mol. The molecule has 1 unspecified atom stereocenters. The Morgan fingerprint density at radius 1 is 1.11 bits per heavy atom. The lowest BCUT2D eigenvalue weighted by Crippen LogP contribution is -2.06. The van der Waals surface area contributed by atoms with Gasteiger partial charge in [0, 0.05) is 17.0 Å². The van der Waals surface area contributed by atoms with Gasteiger partial charge in [-0.2, -0.15) is 0 Å². The Balaban J connectivity index is 2.25. The maximum atomic E-state index is 13.6. The van der Waals surface area contributed by atoms with Gasteiger partial charge in [-0.05, 0) is 30.7 Å². The maximum Gasteiger partial charge on any atom is 0.129 e.